The topological polar surface area (TPSA) is 145 Å². The predicted molar refractivity (Wildman–Crippen MR) is 214 cm³/mol. The fourth-order valence-electron chi connectivity index (χ4n) is 9.26. The Bertz CT molecular complexity index is 2620. The zero-order valence-electron chi connectivity index (χ0n) is 31.7. The highest BCUT2D eigenvalue weighted by atomic mass is 79.9. The van der Waals surface area contributed by atoms with Gasteiger partial charge < -0.3 is 9.84 Å². The average Bonchev–Trinajstić information content (AvgIpc) is 3.59. The molecule has 2 saturated heterocycles. The minimum Gasteiger partial charge on any atom is -0.503 e. The molecule has 8 rings (SSSR count). The Labute approximate surface area is 370 Å². The number of hydrogen-bond acceptors (Lipinski definition) is 10. The van der Waals surface area contributed by atoms with E-state index in [4.69, 9.17) is 39.5 Å². The summed E-state index contributed by atoms with van der Waals surface area (Å²) in [5.74, 6) is -10.7. The first-order valence-electron chi connectivity index (χ1n) is 18.4. The van der Waals surface area contributed by atoms with Crippen LogP contribution in [0.3, 0.4) is 0 Å². The second-order valence-corrected chi connectivity index (χ2v) is 17.1. The van der Waals surface area contributed by atoms with Gasteiger partial charge in [-0.2, -0.15) is 36.4 Å². The second kappa shape index (κ2) is 15.3. The Morgan fingerprint density at radius 2 is 1.61 bits per heavy atom. The summed E-state index contributed by atoms with van der Waals surface area (Å²) in [6, 6.07) is 11.1. The van der Waals surface area contributed by atoms with E-state index < -0.39 is 98.9 Å². The Kier molecular flexibility index (Phi) is 10.7. The van der Waals surface area contributed by atoms with Crippen molar-refractivity contribution in [2.24, 2.45) is 23.7 Å². The Morgan fingerprint density at radius 1 is 0.919 bits per heavy atom. The van der Waals surface area contributed by atoms with Crippen LogP contribution in [0.2, 0.25) is 15.1 Å². The number of hydrazine groups is 2. The number of alkyl halides is 6. The maximum Gasteiger partial charge on any atom is 0.433 e. The van der Waals surface area contributed by atoms with Crippen molar-refractivity contribution >= 4 is 86.0 Å². The fourth-order valence-corrected chi connectivity index (χ4v) is 10.3. The molecule has 62 heavy (non-hydrogen) atoms. The fraction of sp³-hybridized carbons (Fsp3) is 0.300. The lowest BCUT2D eigenvalue weighted by Crippen LogP contribution is -2.53. The summed E-state index contributed by atoms with van der Waals surface area (Å²) < 4.78 is 87.5. The molecule has 2 aliphatic heterocycles. The predicted octanol–water partition coefficient (Wildman–Crippen LogP) is 8.99. The number of anilines is 2. The summed E-state index contributed by atoms with van der Waals surface area (Å²) >= 11 is 22.2. The van der Waals surface area contributed by atoms with Crippen molar-refractivity contribution in [3.8, 4) is 11.5 Å². The minimum atomic E-state index is -4.90. The van der Waals surface area contributed by atoms with E-state index in [0.717, 1.165) is 18.1 Å². The van der Waals surface area contributed by atoms with E-state index >= 15 is 4.79 Å². The van der Waals surface area contributed by atoms with Crippen LogP contribution < -0.4 is 15.2 Å². The van der Waals surface area contributed by atoms with Gasteiger partial charge in [0.05, 0.1) is 50.4 Å². The number of halogens is 10. The van der Waals surface area contributed by atoms with E-state index in [9.17, 15) is 45.8 Å². The number of benzene rings is 2. The minimum absolute atomic E-state index is 0.0496. The van der Waals surface area contributed by atoms with Gasteiger partial charge in [-0.3, -0.25) is 29.6 Å². The van der Waals surface area contributed by atoms with Crippen LogP contribution in [-0.4, -0.2) is 62.9 Å². The van der Waals surface area contributed by atoms with E-state index in [1.165, 1.54) is 43.5 Å². The van der Waals surface area contributed by atoms with Gasteiger partial charge >= 0.3 is 12.4 Å². The van der Waals surface area contributed by atoms with Gasteiger partial charge in [0.2, 0.25) is 0 Å². The molecule has 3 fully saturated rings. The molecule has 4 aromatic rings. The van der Waals surface area contributed by atoms with Crippen LogP contribution in [0, 0.1) is 23.7 Å². The summed E-state index contributed by atoms with van der Waals surface area (Å²) in [5.41, 5.74) is -0.943. The maximum absolute atomic E-state index is 15.4. The van der Waals surface area contributed by atoms with Crippen molar-refractivity contribution in [1.82, 2.24) is 20.0 Å². The molecule has 4 heterocycles. The zero-order chi connectivity index (χ0) is 45.0. The molecule has 324 valence electrons. The number of methoxy groups -OCH3 is 1. The van der Waals surface area contributed by atoms with Crippen LogP contribution in [-0.2, 0) is 36.9 Å². The molecule has 2 aliphatic carbocycles. The molecule has 2 aromatic carbocycles. The number of nitrogens with one attached hydrogen (secondary N) is 1. The van der Waals surface area contributed by atoms with Crippen LogP contribution in [0.1, 0.15) is 41.1 Å². The first-order chi connectivity index (χ1) is 29.1. The van der Waals surface area contributed by atoms with Crippen molar-refractivity contribution in [3.05, 3.63) is 114 Å². The second-order valence-electron chi connectivity index (χ2n) is 15.0. The molecule has 2 aromatic heterocycles. The number of phenols is 1. The average molecular weight is 989 g/mol. The van der Waals surface area contributed by atoms with Gasteiger partial charge in [0.15, 0.2) is 23.1 Å². The Hall–Kier alpha value is -5.11. The lowest BCUT2D eigenvalue weighted by molar-refractivity contribution is -0.142. The SMILES string of the molecule is COc1cc(C2C3=CCC4C(=O)N(N(C)c5nc(C(F)(F)F)ccc5Cl)C(=O)C4C3CC3C(=O)N(Nc4ncc(C(F)(F)F)cc4Cl)C(=O)C32c2ccc(Cl)cc2)cc(Br)c1O. The molecule has 1 saturated carbocycles. The molecular weight excluding hydrogens is 961 g/mol. The number of fused-ring (bicyclic) bond motifs is 4. The number of phenolic OH excluding ortho intramolecular Hbond substituents is 1. The first kappa shape index (κ1) is 43.5. The van der Waals surface area contributed by atoms with Crippen molar-refractivity contribution in [3.63, 3.8) is 0 Å². The number of allylic oxidation sites excluding steroid dienone is 2. The highest BCUT2D eigenvalue weighted by molar-refractivity contribution is 9.10. The third-order valence-corrected chi connectivity index (χ3v) is 13.3. The first-order valence-corrected chi connectivity index (χ1v) is 20.3. The molecular formula is C40H28BrCl3F6N6O6. The zero-order valence-corrected chi connectivity index (χ0v) is 35.5. The van der Waals surface area contributed by atoms with Gasteiger partial charge in [0.25, 0.3) is 23.6 Å². The Balaban J connectivity index is 1.30. The van der Waals surface area contributed by atoms with Gasteiger partial charge in [0.1, 0.15) is 5.69 Å². The van der Waals surface area contributed by atoms with Gasteiger partial charge in [-0.05, 0) is 88.3 Å². The molecule has 0 spiro atoms. The summed E-state index contributed by atoms with van der Waals surface area (Å²) in [6.07, 6.45) is -7.93. The van der Waals surface area contributed by atoms with Gasteiger partial charge in [0, 0.05) is 24.2 Å². The Morgan fingerprint density at radius 3 is 2.24 bits per heavy atom. The molecule has 6 unspecified atom stereocenters. The normalized spacial score (nSPS) is 24.8. The maximum atomic E-state index is 15.4. The van der Waals surface area contributed by atoms with E-state index in [-0.39, 0.29) is 44.4 Å². The van der Waals surface area contributed by atoms with Crippen molar-refractivity contribution in [1.29, 1.82) is 0 Å². The lowest BCUT2D eigenvalue weighted by atomic mass is 9.49. The largest absolute Gasteiger partial charge is 0.503 e. The molecule has 12 nitrogen and oxygen atoms in total. The number of carbonyl (C=O) groups excluding carboxylic acids is 4. The van der Waals surface area contributed by atoms with Gasteiger partial charge in [-0.25, -0.2) is 9.97 Å². The van der Waals surface area contributed by atoms with E-state index in [0.29, 0.717) is 39.5 Å². The number of ether oxygens (including phenoxy) is 1. The molecule has 4 aliphatic rings. The number of aromatic hydroxyl groups is 1. The van der Waals surface area contributed by atoms with Crippen LogP contribution in [0.5, 0.6) is 11.5 Å². The van der Waals surface area contributed by atoms with Crippen molar-refractivity contribution in [2.75, 3.05) is 24.6 Å². The van der Waals surface area contributed by atoms with E-state index in [1.807, 2.05) is 0 Å². The highest BCUT2D eigenvalue weighted by Gasteiger charge is 2.71. The lowest BCUT2D eigenvalue weighted by Gasteiger charge is -2.50. The standard InChI is InChI=1S/C40H28BrCl3F6N6O6/c1-54(33-25(43)9-10-28(52-33)40(48,49)50)56-34(58)21-8-7-20-22(29(21)36(56)60)14-23-35(59)55(53-32-26(44)13-18(15-51-32)39(45,46)47)37(61)38(23,17-3-5-19(42)6-4-17)30(20)16-11-24(41)31(57)27(12-16)62-2/h3-7,9-13,15,21-23,29-30,57H,8,14H2,1-2H3,(H,51,53). The van der Waals surface area contributed by atoms with Crippen LogP contribution in [0.15, 0.2) is 76.9 Å². The number of rotatable bonds is 7. The summed E-state index contributed by atoms with van der Waals surface area (Å²) in [7, 11) is 2.45. The summed E-state index contributed by atoms with van der Waals surface area (Å²) in [6.45, 7) is 0. The smallest absolute Gasteiger partial charge is 0.433 e. The third kappa shape index (κ3) is 6.73. The van der Waals surface area contributed by atoms with Crippen LogP contribution >= 0.6 is 50.7 Å². The molecule has 0 bridgehead atoms. The van der Waals surface area contributed by atoms with E-state index in [1.54, 1.807) is 6.08 Å². The number of nitrogens with zero attached hydrogens (tertiary/aromatic N) is 5. The number of amides is 4. The number of hydrogen-bond donors (Lipinski definition) is 2. The quantitative estimate of drug-likeness (QED) is 0.105. The molecule has 6 atom stereocenters. The van der Waals surface area contributed by atoms with Crippen LogP contribution in [0.4, 0.5) is 38.0 Å². The number of carbonyl (C=O) groups is 4. The third-order valence-electron chi connectivity index (χ3n) is 11.9. The van der Waals surface area contributed by atoms with Gasteiger partial charge in [-0.1, -0.05) is 58.6 Å². The monoisotopic (exact) mass is 986 g/mol. The highest BCUT2D eigenvalue weighted by Crippen LogP contribution is 2.65. The molecule has 2 N–H and O–H groups in total. The number of pyridine rings is 2. The van der Waals surface area contributed by atoms with Crippen molar-refractivity contribution < 1.29 is 55.4 Å². The molecule has 22 heteroatoms. The number of aromatic nitrogens is 2. The van der Waals surface area contributed by atoms with Crippen LogP contribution in [0.25, 0.3) is 0 Å². The molecule has 4 amide bonds. The van der Waals surface area contributed by atoms with Crippen molar-refractivity contribution in [2.45, 2.75) is 36.5 Å². The van der Waals surface area contributed by atoms with E-state index in [2.05, 4.69) is 31.3 Å². The summed E-state index contributed by atoms with van der Waals surface area (Å²) in [4.78, 5) is 66.7. The summed E-state index contributed by atoms with van der Waals surface area (Å²) in [5, 5.41) is 12.4. The van der Waals surface area contributed by atoms with Gasteiger partial charge in [-0.15, -0.1) is 0 Å². The number of imide groups is 2. The molecule has 0 radical (unpaired) electrons.